The summed E-state index contributed by atoms with van der Waals surface area (Å²) >= 11 is 0. The van der Waals surface area contributed by atoms with Gasteiger partial charge in [-0.05, 0) is 25.0 Å². The zero-order chi connectivity index (χ0) is 25.0. The number of aromatic amines is 1. The van der Waals surface area contributed by atoms with Crippen molar-refractivity contribution in [3.05, 3.63) is 48.7 Å². The quantitative estimate of drug-likeness (QED) is 0.373. The number of nitrogens with zero attached hydrogens (tertiary/aromatic N) is 6. The van der Waals surface area contributed by atoms with E-state index < -0.39 is 0 Å². The Morgan fingerprint density at radius 3 is 2.97 bits per heavy atom. The zero-order valence-corrected chi connectivity index (χ0v) is 20.6. The number of morpholine rings is 1. The fourth-order valence-corrected chi connectivity index (χ4v) is 5.07. The number of rotatable bonds is 8. The van der Waals surface area contributed by atoms with Gasteiger partial charge in [-0.25, -0.2) is 19.9 Å². The van der Waals surface area contributed by atoms with Crippen molar-refractivity contribution in [2.45, 2.75) is 18.9 Å². The smallest absolute Gasteiger partial charge is 0.270 e. The second-order valence-corrected chi connectivity index (χ2v) is 9.33. The van der Waals surface area contributed by atoms with Gasteiger partial charge in [0.25, 0.3) is 5.91 Å². The van der Waals surface area contributed by atoms with Crippen LogP contribution in [0, 0.1) is 0 Å². The maximum atomic E-state index is 13.0. The van der Waals surface area contributed by atoms with Crippen LogP contribution in [0.25, 0.3) is 22.1 Å². The molecular formula is C26H30N8O3. The lowest BCUT2D eigenvalue weighted by Gasteiger charge is -2.26. The van der Waals surface area contributed by atoms with Gasteiger partial charge >= 0.3 is 0 Å². The number of H-pyrrole nitrogens is 1. The van der Waals surface area contributed by atoms with Crippen LogP contribution in [0.3, 0.4) is 0 Å². The van der Waals surface area contributed by atoms with E-state index in [2.05, 4.69) is 40.0 Å². The molecule has 2 saturated heterocycles. The van der Waals surface area contributed by atoms with E-state index in [-0.39, 0.29) is 11.9 Å². The van der Waals surface area contributed by atoms with Crippen LogP contribution in [0.1, 0.15) is 23.3 Å². The summed E-state index contributed by atoms with van der Waals surface area (Å²) in [6.45, 7) is 5.95. The third kappa shape index (κ3) is 5.05. The highest BCUT2D eigenvalue weighted by Gasteiger charge is 2.29. The highest BCUT2D eigenvalue weighted by Crippen LogP contribution is 2.30. The molecule has 11 heteroatoms. The molecule has 0 spiro atoms. The molecule has 2 aliphatic heterocycles. The first-order chi connectivity index (χ1) is 18.3. The van der Waals surface area contributed by atoms with Crippen molar-refractivity contribution in [1.82, 2.24) is 35.1 Å². The number of ether oxygens (including phenoxy) is 2. The van der Waals surface area contributed by atoms with Crippen molar-refractivity contribution in [3.8, 4) is 5.75 Å². The molecule has 37 heavy (non-hydrogen) atoms. The Bertz CT molecular complexity index is 1390. The molecule has 0 saturated carbocycles. The summed E-state index contributed by atoms with van der Waals surface area (Å²) in [7, 11) is 0. The Morgan fingerprint density at radius 2 is 2.05 bits per heavy atom. The van der Waals surface area contributed by atoms with E-state index in [0.29, 0.717) is 30.2 Å². The average molecular weight is 503 g/mol. The molecular weight excluding hydrogens is 472 g/mol. The number of nitrogens with one attached hydrogen (secondary N) is 2. The maximum absolute atomic E-state index is 13.0. The number of carbonyl (C=O) groups excluding carboxylic acids is 1. The summed E-state index contributed by atoms with van der Waals surface area (Å²) in [6.07, 6.45) is 5.22. The van der Waals surface area contributed by atoms with Crippen molar-refractivity contribution < 1.29 is 14.3 Å². The molecule has 1 aromatic carbocycles. The number of pyridine rings is 1. The molecule has 1 atom stereocenters. The van der Waals surface area contributed by atoms with Gasteiger partial charge < -0.3 is 24.7 Å². The molecule has 0 bridgehead atoms. The lowest BCUT2D eigenvalue weighted by molar-refractivity contribution is 0.0383. The van der Waals surface area contributed by atoms with Crippen LogP contribution in [0.15, 0.2) is 43.0 Å². The minimum Gasteiger partial charge on any atom is -0.491 e. The topological polar surface area (TPSA) is 121 Å². The zero-order valence-electron chi connectivity index (χ0n) is 20.6. The first kappa shape index (κ1) is 23.6. The van der Waals surface area contributed by atoms with Gasteiger partial charge in [0.2, 0.25) is 0 Å². The Hall–Kier alpha value is -3.83. The summed E-state index contributed by atoms with van der Waals surface area (Å²) in [4.78, 5) is 38.3. The number of anilines is 1. The Kier molecular flexibility index (Phi) is 6.78. The Labute approximate surface area is 214 Å². The molecule has 0 radical (unpaired) electrons. The van der Waals surface area contributed by atoms with Crippen molar-refractivity contribution in [3.63, 3.8) is 0 Å². The van der Waals surface area contributed by atoms with Crippen LogP contribution in [-0.2, 0) is 4.74 Å². The first-order valence-corrected chi connectivity index (χ1v) is 12.8. The SMILES string of the molecule is O=C(NCCN1CCOCC1)c1cc(OC[C@H]2CCCN2c2ncnc3nc[nH]c23)c2ccccc2n1. The second kappa shape index (κ2) is 10.7. The summed E-state index contributed by atoms with van der Waals surface area (Å²) in [5.41, 5.74) is 2.58. The van der Waals surface area contributed by atoms with Gasteiger partial charge in [-0.3, -0.25) is 9.69 Å². The normalized spacial score (nSPS) is 18.5. The van der Waals surface area contributed by atoms with Crippen LogP contribution in [0.2, 0.25) is 0 Å². The van der Waals surface area contributed by atoms with Crippen LogP contribution >= 0.6 is 0 Å². The summed E-state index contributed by atoms with van der Waals surface area (Å²) in [6, 6.07) is 9.65. The molecule has 192 valence electrons. The second-order valence-electron chi connectivity index (χ2n) is 9.33. The standard InChI is InChI=1S/C26H30N8O3/c35-26(27-7-9-33-10-12-36-13-11-33)21-14-22(19-5-1-2-6-20(19)32-21)37-15-18-4-3-8-34(18)25-23-24(29-16-28-23)30-17-31-25/h1-2,5-6,14,16-18H,3-4,7-13,15H2,(H,27,35)(H,28,29,30,31)/t18-/m1/s1. The number of carbonyl (C=O) groups is 1. The van der Waals surface area contributed by atoms with E-state index in [1.807, 2.05) is 24.3 Å². The number of amides is 1. The van der Waals surface area contributed by atoms with Crippen LogP contribution in [0.4, 0.5) is 5.82 Å². The van der Waals surface area contributed by atoms with E-state index in [0.717, 1.165) is 74.5 Å². The molecule has 2 aliphatic rings. The predicted molar refractivity (Wildman–Crippen MR) is 139 cm³/mol. The van der Waals surface area contributed by atoms with Gasteiger partial charge in [0.15, 0.2) is 11.5 Å². The van der Waals surface area contributed by atoms with E-state index in [9.17, 15) is 4.79 Å². The van der Waals surface area contributed by atoms with E-state index in [1.165, 1.54) is 0 Å². The Balaban J connectivity index is 1.17. The van der Waals surface area contributed by atoms with Gasteiger partial charge in [0.05, 0.1) is 31.1 Å². The molecule has 4 aromatic rings. The summed E-state index contributed by atoms with van der Waals surface area (Å²) in [5, 5.41) is 3.89. The number of hydrogen-bond acceptors (Lipinski definition) is 9. The molecule has 0 unspecified atom stereocenters. The molecule has 2 fully saturated rings. The summed E-state index contributed by atoms with van der Waals surface area (Å²) < 4.78 is 11.8. The molecule has 6 rings (SSSR count). The van der Waals surface area contributed by atoms with Crippen molar-refractivity contribution in [1.29, 1.82) is 0 Å². The van der Waals surface area contributed by atoms with Gasteiger partial charge in [-0.15, -0.1) is 0 Å². The fourth-order valence-electron chi connectivity index (χ4n) is 5.07. The minimum absolute atomic E-state index is 0.138. The Morgan fingerprint density at radius 1 is 1.16 bits per heavy atom. The van der Waals surface area contributed by atoms with Gasteiger partial charge in [0.1, 0.15) is 29.9 Å². The number of benzene rings is 1. The van der Waals surface area contributed by atoms with Crippen molar-refractivity contribution >= 4 is 33.8 Å². The van der Waals surface area contributed by atoms with E-state index in [4.69, 9.17) is 9.47 Å². The van der Waals surface area contributed by atoms with Crippen LogP contribution in [0.5, 0.6) is 5.75 Å². The van der Waals surface area contributed by atoms with Crippen molar-refractivity contribution in [2.24, 2.45) is 0 Å². The third-order valence-electron chi connectivity index (χ3n) is 7.01. The lowest BCUT2D eigenvalue weighted by Crippen LogP contribution is -2.41. The fraction of sp³-hybridized carbons (Fsp3) is 0.423. The highest BCUT2D eigenvalue weighted by atomic mass is 16.5. The monoisotopic (exact) mass is 502 g/mol. The molecule has 5 heterocycles. The lowest BCUT2D eigenvalue weighted by atomic mass is 10.1. The molecule has 3 aromatic heterocycles. The molecule has 2 N–H and O–H groups in total. The van der Waals surface area contributed by atoms with Gasteiger partial charge in [-0.2, -0.15) is 0 Å². The van der Waals surface area contributed by atoms with Crippen LogP contribution < -0.4 is 15.0 Å². The number of hydrogen-bond donors (Lipinski definition) is 2. The maximum Gasteiger partial charge on any atom is 0.270 e. The number of para-hydroxylation sites is 1. The largest absolute Gasteiger partial charge is 0.491 e. The molecule has 11 nitrogen and oxygen atoms in total. The minimum atomic E-state index is -0.200. The van der Waals surface area contributed by atoms with Gasteiger partial charge in [0, 0.05) is 44.2 Å². The highest BCUT2D eigenvalue weighted by molar-refractivity contribution is 5.97. The first-order valence-electron chi connectivity index (χ1n) is 12.8. The number of imidazole rings is 1. The average Bonchev–Trinajstić information content (AvgIpc) is 3.62. The van der Waals surface area contributed by atoms with Crippen molar-refractivity contribution in [2.75, 3.05) is 57.4 Å². The van der Waals surface area contributed by atoms with E-state index in [1.54, 1.807) is 18.7 Å². The molecule has 0 aliphatic carbocycles. The van der Waals surface area contributed by atoms with E-state index >= 15 is 0 Å². The predicted octanol–water partition coefficient (Wildman–Crippen LogP) is 2.01. The summed E-state index contributed by atoms with van der Waals surface area (Å²) in [5.74, 6) is 1.30. The van der Waals surface area contributed by atoms with Gasteiger partial charge in [-0.1, -0.05) is 12.1 Å². The molecule has 1 amide bonds. The van der Waals surface area contributed by atoms with Crippen LogP contribution in [-0.4, -0.2) is 94.3 Å². The third-order valence-corrected chi connectivity index (χ3v) is 7.01. The number of aromatic nitrogens is 5. The number of fused-ring (bicyclic) bond motifs is 2.